The second-order valence-corrected chi connectivity index (χ2v) is 3.04. The van der Waals surface area contributed by atoms with Crippen molar-refractivity contribution in [3.05, 3.63) is 60.2 Å². The number of nitrogens with zero attached hydrogens (tertiary/aromatic N) is 2. The van der Waals surface area contributed by atoms with E-state index in [1.807, 2.05) is 0 Å². The van der Waals surface area contributed by atoms with Gasteiger partial charge >= 0.3 is 11.9 Å². The summed E-state index contributed by atoms with van der Waals surface area (Å²) in [5.41, 5.74) is 0.162. The highest BCUT2D eigenvalue weighted by molar-refractivity contribution is 5.85. The number of carboxylic acids is 2. The van der Waals surface area contributed by atoms with Crippen molar-refractivity contribution >= 4 is 11.9 Å². The molecule has 2 rings (SSSR count). The molecule has 0 aromatic carbocycles. The Labute approximate surface area is 103 Å². The first-order chi connectivity index (χ1) is 8.61. The largest absolute Gasteiger partial charge is 0.477 e. The van der Waals surface area contributed by atoms with Gasteiger partial charge in [-0.25, -0.2) is 19.6 Å². The number of carboxylic acid groups (broad SMARTS) is 2. The molecule has 2 aromatic heterocycles. The molecule has 0 amide bonds. The van der Waals surface area contributed by atoms with E-state index in [1.54, 1.807) is 24.3 Å². The van der Waals surface area contributed by atoms with Gasteiger partial charge < -0.3 is 10.2 Å². The van der Waals surface area contributed by atoms with Crippen molar-refractivity contribution in [1.82, 2.24) is 9.97 Å². The molecule has 0 atom stereocenters. The van der Waals surface area contributed by atoms with Crippen molar-refractivity contribution in [3.8, 4) is 0 Å². The summed E-state index contributed by atoms with van der Waals surface area (Å²) < 4.78 is 0. The van der Waals surface area contributed by atoms with Crippen LogP contribution in [0.2, 0.25) is 0 Å². The summed E-state index contributed by atoms with van der Waals surface area (Å²) in [6.45, 7) is 0. The molecular formula is C12H10N2O4. The van der Waals surface area contributed by atoms with Gasteiger partial charge in [-0.05, 0) is 24.3 Å². The Bertz CT molecular complexity index is 465. The monoisotopic (exact) mass is 246 g/mol. The van der Waals surface area contributed by atoms with E-state index in [2.05, 4.69) is 9.97 Å². The maximum Gasteiger partial charge on any atom is 0.354 e. The van der Waals surface area contributed by atoms with E-state index in [4.69, 9.17) is 10.2 Å². The van der Waals surface area contributed by atoms with Crippen molar-refractivity contribution in [2.24, 2.45) is 0 Å². The van der Waals surface area contributed by atoms with Crippen molar-refractivity contribution < 1.29 is 19.8 Å². The smallest absolute Gasteiger partial charge is 0.354 e. The van der Waals surface area contributed by atoms with Crippen LogP contribution in [0, 0.1) is 0 Å². The lowest BCUT2D eigenvalue weighted by atomic mass is 10.4. The first-order valence-electron chi connectivity index (χ1n) is 4.90. The average Bonchev–Trinajstić information content (AvgIpc) is 2.41. The maximum atomic E-state index is 10.1. The summed E-state index contributed by atoms with van der Waals surface area (Å²) in [5, 5.41) is 16.6. The van der Waals surface area contributed by atoms with Crippen molar-refractivity contribution in [1.29, 1.82) is 0 Å². The van der Waals surface area contributed by atoms with E-state index in [-0.39, 0.29) is 11.4 Å². The lowest BCUT2D eigenvalue weighted by Crippen LogP contribution is -1.97. The molecule has 2 aromatic rings. The molecule has 92 valence electrons. The Morgan fingerprint density at radius 1 is 0.778 bits per heavy atom. The predicted molar refractivity (Wildman–Crippen MR) is 62.4 cm³/mol. The number of hydrogen-bond donors (Lipinski definition) is 2. The Balaban J connectivity index is 0.000000180. The minimum Gasteiger partial charge on any atom is -0.477 e. The number of rotatable bonds is 2. The van der Waals surface area contributed by atoms with Gasteiger partial charge in [0.2, 0.25) is 0 Å². The third-order valence-electron chi connectivity index (χ3n) is 1.77. The van der Waals surface area contributed by atoms with Gasteiger partial charge in [0.25, 0.3) is 0 Å². The molecule has 6 nitrogen and oxygen atoms in total. The Morgan fingerprint density at radius 2 is 1.17 bits per heavy atom. The van der Waals surface area contributed by atoms with Crippen LogP contribution in [-0.4, -0.2) is 32.1 Å². The Kier molecular flexibility index (Phi) is 4.98. The van der Waals surface area contributed by atoms with Gasteiger partial charge in [0, 0.05) is 12.4 Å². The molecule has 0 bridgehead atoms. The van der Waals surface area contributed by atoms with Crippen LogP contribution in [0.1, 0.15) is 21.0 Å². The summed E-state index contributed by atoms with van der Waals surface area (Å²) in [6.07, 6.45) is 2.90. The molecule has 2 heterocycles. The van der Waals surface area contributed by atoms with Crippen LogP contribution in [0.15, 0.2) is 48.8 Å². The highest BCUT2D eigenvalue weighted by Gasteiger charge is 1.99. The van der Waals surface area contributed by atoms with E-state index in [1.165, 1.54) is 24.5 Å². The van der Waals surface area contributed by atoms with Gasteiger partial charge in [-0.2, -0.15) is 0 Å². The van der Waals surface area contributed by atoms with Crippen molar-refractivity contribution in [2.45, 2.75) is 0 Å². The highest BCUT2D eigenvalue weighted by Crippen LogP contribution is 1.91. The first kappa shape index (κ1) is 13.3. The lowest BCUT2D eigenvalue weighted by Gasteiger charge is -1.87. The summed E-state index contributed by atoms with van der Waals surface area (Å²) in [4.78, 5) is 27.4. The second-order valence-electron chi connectivity index (χ2n) is 3.04. The Morgan fingerprint density at radius 3 is 1.33 bits per heavy atom. The molecule has 0 saturated heterocycles. The molecule has 0 saturated carbocycles. The number of hydrogen-bond acceptors (Lipinski definition) is 4. The van der Waals surface area contributed by atoms with Gasteiger partial charge in [-0.15, -0.1) is 0 Å². The summed E-state index contributed by atoms with van der Waals surface area (Å²) in [5.74, 6) is -1.98. The van der Waals surface area contributed by atoms with Crippen LogP contribution < -0.4 is 0 Å². The van der Waals surface area contributed by atoms with Gasteiger partial charge in [0.05, 0.1) is 0 Å². The molecule has 0 aliphatic carbocycles. The molecule has 2 N–H and O–H groups in total. The van der Waals surface area contributed by atoms with Gasteiger partial charge in [0.15, 0.2) is 0 Å². The zero-order valence-corrected chi connectivity index (χ0v) is 9.22. The zero-order chi connectivity index (χ0) is 13.4. The molecule has 0 aliphatic heterocycles. The van der Waals surface area contributed by atoms with Crippen LogP contribution in [-0.2, 0) is 0 Å². The van der Waals surface area contributed by atoms with Gasteiger partial charge in [0.1, 0.15) is 11.4 Å². The normalized spacial score (nSPS) is 8.89. The van der Waals surface area contributed by atoms with E-state index in [9.17, 15) is 9.59 Å². The number of aromatic carboxylic acids is 2. The van der Waals surface area contributed by atoms with Crippen molar-refractivity contribution in [3.63, 3.8) is 0 Å². The summed E-state index contributed by atoms with van der Waals surface area (Å²) in [6, 6.07) is 9.51. The molecular weight excluding hydrogens is 236 g/mol. The quantitative estimate of drug-likeness (QED) is 0.833. The van der Waals surface area contributed by atoms with Crippen LogP contribution in [0.3, 0.4) is 0 Å². The second kappa shape index (κ2) is 6.74. The fourth-order valence-corrected chi connectivity index (χ4v) is 0.979. The van der Waals surface area contributed by atoms with Crippen LogP contribution >= 0.6 is 0 Å². The predicted octanol–water partition coefficient (Wildman–Crippen LogP) is 1.56. The summed E-state index contributed by atoms with van der Waals surface area (Å²) in [7, 11) is 0. The summed E-state index contributed by atoms with van der Waals surface area (Å²) >= 11 is 0. The molecule has 0 aliphatic rings. The van der Waals surface area contributed by atoms with E-state index in [0.29, 0.717) is 0 Å². The van der Waals surface area contributed by atoms with Gasteiger partial charge in [-0.1, -0.05) is 12.1 Å². The number of pyridine rings is 2. The molecule has 0 radical (unpaired) electrons. The van der Waals surface area contributed by atoms with Crippen LogP contribution in [0.5, 0.6) is 0 Å². The minimum absolute atomic E-state index is 0.0810. The van der Waals surface area contributed by atoms with Crippen molar-refractivity contribution in [2.75, 3.05) is 0 Å². The van der Waals surface area contributed by atoms with E-state index >= 15 is 0 Å². The fourth-order valence-electron chi connectivity index (χ4n) is 0.979. The molecule has 18 heavy (non-hydrogen) atoms. The molecule has 0 fully saturated rings. The topological polar surface area (TPSA) is 100 Å². The molecule has 0 spiro atoms. The lowest BCUT2D eigenvalue weighted by molar-refractivity contribution is 0.0680. The first-order valence-corrected chi connectivity index (χ1v) is 4.90. The molecule has 0 unspecified atom stereocenters. The zero-order valence-electron chi connectivity index (χ0n) is 9.22. The highest BCUT2D eigenvalue weighted by atomic mass is 16.4. The van der Waals surface area contributed by atoms with Crippen LogP contribution in [0.25, 0.3) is 0 Å². The standard InChI is InChI=1S/2C6H5NO2/c2*8-6(9)5-3-1-2-4-7-5/h2*1-4H,(H,8,9). The third-order valence-corrected chi connectivity index (χ3v) is 1.77. The number of carbonyl (C=O) groups is 2. The SMILES string of the molecule is O=C(O)c1ccccn1.O=C(O)c1ccccn1. The Hall–Kier alpha value is -2.76. The average molecular weight is 246 g/mol. The number of aromatic nitrogens is 2. The minimum atomic E-state index is -0.990. The van der Waals surface area contributed by atoms with E-state index < -0.39 is 11.9 Å². The van der Waals surface area contributed by atoms with Gasteiger partial charge in [-0.3, -0.25) is 0 Å². The fraction of sp³-hybridized carbons (Fsp3) is 0. The molecule has 6 heteroatoms. The third kappa shape index (κ3) is 4.40. The maximum absolute atomic E-state index is 10.1. The van der Waals surface area contributed by atoms with Crippen LogP contribution in [0.4, 0.5) is 0 Å². The van der Waals surface area contributed by atoms with E-state index in [0.717, 1.165) is 0 Å².